The van der Waals surface area contributed by atoms with Gasteiger partial charge in [-0.15, -0.1) is 0 Å². The van der Waals surface area contributed by atoms with Crippen molar-refractivity contribution >= 4 is 17.7 Å². The summed E-state index contributed by atoms with van der Waals surface area (Å²) in [5.41, 5.74) is 0.744. The van der Waals surface area contributed by atoms with E-state index < -0.39 is 6.04 Å². The zero-order valence-corrected chi connectivity index (χ0v) is 14.7. The third kappa shape index (κ3) is 3.48. The van der Waals surface area contributed by atoms with Crippen molar-refractivity contribution in [3.05, 3.63) is 35.4 Å². The highest BCUT2D eigenvalue weighted by Crippen LogP contribution is 2.28. The van der Waals surface area contributed by atoms with Crippen LogP contribution in [0.4, 0.5) is 0 Å². The van der Waals surface area contributed by atoms with Gasteiger partial charge in [-0.25, -0.2) is 0 Å². The van der Waals surface area contributed by atoms with E-state index >= 15 is 0 Å². The molecule has 0 radical (unpaired) electrons. The van der Waals surface area contributed by atoms with Crippen LogP contribution in [0.3, 0.4) is 0 Å². The summed E-state index contributed by atoms with van der Waals surface area (Å²) in [6.45, 7) is 5.01. The molecule has 1 aliphatic heterocycles. The highest BCUT2D eigenvalue weighted by atomic mass is 16.2. The third-order valence-corrected chi connectivity index (χ3v) is 4.41. The Labute approximate surface area is 142 Å². The summed E-state index contributed by atoms with van der Waals surface area (Å²) in [6.07, 6.45) is 0.694. The van der Waals surface area contributed by atoms with Crippen LogP contribution in [0.25, 0.3) is 0 Å². The van der Waals surface area contributed by atoms with Crippen molar-refractivity contribution in [3.8, 4) is 0 Å². The molecule has 0 saturated heterocycles. The lowest BCUT2D eigenvalue weighted by Gasteiger charge is -2.30. The molecule has 0 fully saturated rings. The van der Waals surface area contributed by atoms with Crippen molar-refractivity contribution < 1.29 is 14.4 Å². The zero-order chi connectivity index (χ0) is 17.9. The largest absolute Gasteiger partial charge is 0.353 e. The van der Waals surface area contributed by atoms with Crippen LogP contribution in [-0.2, 0) is 4.79 Å². The number of amides is 3. The predicted octanol–water partition coefficient (Wildman–Crippen LogP) is 1.38. The van der Waals surface area contributed by atoms with Gasteiger partial charge in [0.05, 0.1) is 11.1 Å². The van der Waals surface area contributed by atoms with Crippen molar-refractivity contribution in [3.63, 3.8) is 0 Å². The van der Waals surface area contributed by atoms with Gasteiger partial charge < -0.3 is 10.2 Å². The first-order valence-corrected chi connectivity index (χ1v) is 8.27. The molecule has 0 bridgehead atoms. The molecule has 3 amide bonds. The molecule has 2 rings (SSSR count). The Morgan fingerprint density at radius 2 is 1.71 bits per heavy atom. The molecule has 130 valence electrons. The van der Waals surface area contributed by atoms with Gasteiger partial charge >= 0.3 is 0 Å². The second kappa shape index (κ2) is 7.57. The lowest BCUT2D eigenvalue weighted by molar-refractivity contribution is -0.126. The predicted molar refractivity (Wildman–Crippen MR) is 91.7 cm³/mol. The van der Waals surface area contributed by atoms with Crippen molar-refractivity contribution in [2.75, 3.05) is 27.2 Å². The van der Waals surface area contributed by atoms with Crippen LogP contribution in [0.2, 0.25) is 0 Å². The summed E-state index contributed by atoms with van der Waals surface area (Å²) >= 11 is 0. The third-order valence-electron chi connectivity index (χ3n) is 4.41. The highest BCUT2D eigenvalue weighted by Gasteiger charge is 2.44. The molecule has 6 heteroatoms. The lowest BCUT2D eigenvalue weighted by atomic mass is 9.96. The summed E-state index contributed by atoms with van der Waals surface area (Å²) in [7, 11) is 3.84. The fourth-order valence-corrected chi connectivity index (χ4v) is 2.82. The van der Waals surface area contributed by atoms with Crippen LogP contribution >= 0.6 is 0 Å². The van der Waals surface area contributed by atoms with Crippen molar-refractivity contribution in [1.29, 1.82) is 0 Å². The minimum absolute atomic E-state index is 0.119. The van der Waals surface area contributed by atoms with Gasteiger partial charge in [0.1, 0.15) is 6.04 Å². The van der Waals surface area contributed by atoms with E-state index in [0.29, 0.717) is 30.6 Å². The Hall–Kier alpha value is -2.21. The van der Waals surface area contributed by atoms with Crippen LogP contribution in [0.5, 0.6) is 0 Å². The molecule has 24 heavy (non-hydrogen) atoms. The molecule has 1 aromatic carbocycles. The molecule has 2 atom stereocenters. The van der Waals surface area contributed by atoms with Gasteiger partial charge in [0.2, 0.25) is 5.91 Å². The maximum absolute atomic E-state index is 12.7. The first-order valence-electron chi connectivity index (χ1n) is 8.27. The van der Waals surface area contributed by atoms with E-state index in [0.717, 1.165) is 4.90 Å². The molecular weight excluding hydrogens is 306 g/mol. The summed E-state index contributed by atoms with van der Waals surface area (Å²) < 4.78 is 0. The number of rotatable bonds is 7. The number of nitrogens with zero attached hydrogens (tertiary/aromatic N) is 2. The smallest absolute Gasteiger partial charge is 0.262 e. The van der Waals surface area contributed by atoms with Gasteiger partial charge in [0, 0.05) is 13.1 Å². The van der Waals surface area contributed by atoms with E-state index in [2.05, 4.69) is 5.32 Å². The number of likely N-dealkylation sites (N-methyl/N-ethyl adjacent to an activating group) is 1. The molecule has 1 aromatic rings. The number of carbonyl (C=O) groups is 3. The van der Waals surface area contributed by atoms with Crippen molar-refractivity contribution in [2.24, 2.45) is 5.92 Å². The molecule has 0 saturated carbocycles. The fraction of sp³-hybridized carbons (Fsp3) is 0.500. The maximum atomic E-state index is 12.7. The molecule has 1 N–H and O–H groups in total. The average molecular weight is 331 g/mol. The van der Waals surface area contributed by atoms with E-state index in [-0.39, 0.29) is 23.6 Å². The Balaban J connectivity index is 2.25. The maximum Gasteiger partial charge on any atom is 0.262 e. The van der Waals surface area contributed by atoms with Crippen LogP contribution < -0.4 is 5.32 Å². The van der Waals surface area contributed by atoms with Gasteiger partial charge in [-0.05, 0) is 32.1 Å². The average Bonchev–Trinajstić information content (AvgIpc) is 2.80. The standard InChI is InChI=1S/C18H25N3O3/c1-5-12(2)15(16(22)19-10-11-20(3)4)21-17(23)13-8-6-7-9-14(13)18(21)24/h6-9,12,15H,5,10-11H2,1-4H3,(H,19,22). The van der Waals surface area contributed by atoms with E-state index in [1.54, 1.807) is 24.3 Å². The zero-order valence-electron chi connectivity index (χ0n) is 14.7. The number of hydrogen-bond acceptors (Lipinski definition) is 4. The SMILES string of the molecule is CCC(C)C(C(=O)NCCN(C)C)N1C(=O)c2ccccc2C1=O. The fourth-order valence-electron chi connectivity index (χ4n) is 2.82. The molecular formula is C18H25N3O3. The summed E-state index contributed by atoms with van der Waals surface area (Å²) in [5.74, 6) is -1.17. The molecule has 1 aliphatic rings. The molecule has 2 unspecified atom stereocenters. The molecule has 0 spiro atoms. The van der Waals surface area contributed by atoms with Crippen molar-refractivity contribution in [1.82, 2.24) is 15.1 Å². The first-order chi connectivity index (χ1) is 11.4. The summed E-state index contributed by atoms with van der Waals surface area (Å²) in [5, 5.41) is 2.85. The highest BCUT2D eigenvalue weighted by molar-refractivity contribution is 6.22. The van der Waals surface area contributed by atoms with Crippen LogP contribution in [0.1, 0.15) is 41.0 Å². The van der Waals surface area contributed by atoms with Crippen LogP contribution in [-0.4, -0.2) is 60.7 Å². The monoisotopic (exact) mass is 331 g/mol. The number of nitrogens with one attached hydrogen (secondary N) is 1. The van der Waals surface area contributed by atoms with E-state index in [1.165, 1.54) is 0 Å². The number of fused-ring (bicyclic) bond motifs is 1. The first kappa shape index (κ1) is 18.1. The van der Waals surface area contributed by atoms with Crippen molar-refractivity contribution in [2.45, 2.75) is 26.3 Å². The Morgan fingerprint density at radius 1 is 1.17 bits per heavy atom. The number of benzene rings is 1. The Kier molecular flexibility index (Phi) is 5.72. The quantitative estimate of drug-likeness (QED) is 0.766. The Bertz CT molecular complexity index is 607. The summed E-state index contributed by atoms with van der Waals surface area (Å²) in [4.78, 5) is 41.1. The van der Waals surface area contributed by atoms with Gasteiger partial charge in [0.25, 0.3) is 11.8 Å². The van der Waals surface area contributed by atoms with E-state index in [9.17, 15) is 14.4 Å². The summed E-state index contributed by atoms with van der Waals surface area (Å²) in [6, 6.07) is 5.93. The second-order valence-corrected chi connectivity index (χ2v) is 6.45. The number of carbonyl (C=O) groups excluding carboxylic acids is 3. The van der Waals surface area contributed by atoms with Gasteiger partial charge in [-0.3, -0.25) is 19.3 Å². The van der Waals surface area contributed by atoms with Crippen LogP contribution in [0.15, 0.2) is 24.3 Å². The molecule has 0 aliphatic carbocycles. The lowest BCUT2D eigenvalue weighted by Crippen LogP contribution is -2.53. The van der Waals surface area contributed by atoms with Gasteiger partial charge in [0.15, 0.2) is 0 Å². The number of imide groups is 1. The van der Waals surface area contributed by atoms with Crippen LogP contribution in [0, 0.1) is 5.92 Å². The Morgan fingerprint density at radius 3 is 2.17 bits per heavy atom. The minimum Gasteiger partial charge on any atom is -0.353 e. The van der Waals surface area contributed by atoms with E-state index in [1.807, 2.05) is 32.8 Å². The normalized spacial score (nSPS) is 16.3. The number of hydrogen-bond donors (Lipinski definition) is 1. The topological polar surface area (TPSA) is 69.7 Å². The van der Waals surface area contributed by atoms with Gasteiger partial charge in [-0.1, -0.05) is 32.4 Å². The molecule has 0 aromatic heterocycles. The minimum atomic E-state index is -0.787. The molecule has 6 nitrogen and oxygen atoms in total. The van der Waals surface area contributed by atoms with E-state index in [4.69, 9.17) is 0 Å². The second-order valence-electron chi connectivity index (χ2n) is 6.45. The molecule has 1 heterocycles. The van der Waals surface area contributed by atoms with Gasteiger partial charge in [-0.2, -0.15) is 0 Å².